The molecule has 0 bridgehead atoms. The molecule has 0 unspecified atom stereocenters. The first-order chi connectivity index (χ1) is 23.5. The van der Waals surface area contributed by atoms with Crippen molar-refractivity contribution in [1.82, 2.24) is 0 Å². The van der Waals surface area contributed by atoms with E-state index in [4.69, 9.17) is 57.8 Å². The number of esters is 7. The topological polar surface area (TPSA) is 247 Å². The largest absolute Gasteiger partial charge is 0.463 e. The predicted molar refractivity (Wildman–Crippen MR) is 162 cm³/mol. The minimum atomic E-state index is -1.62. The Morgan fingerprint density at radius 1 is 0.460 bits per heavy atom. The van der Waals surface area contributed by atoms with E-state index in [0.717, 1.165) is 54.9 Å². The Kier molecular flexibility index (Phi) is 17.5. The SMILES string of the molecule is CC(=O)OC[C@H]1O[C@@H](OC[C@H]2O[C@H](OCCCCCN)[C@H](OC(C)=O)[C@@H](OC(C)=O)[C@@H]2OC(C)=O)[C@H](OC(C)=O)[C@@H](OC(C)=O)[C@@H]1OC(C)=O. The van der Waals surface area contributed by atoms with Gasteiger partial charge in [-0.05, 0) is 25.8 Å². The maximum atomic E-state index is 12.3. The van der Waals surface area contributed by atoms with Gasteiger partial charge in [0.2, 0.25) is 0 Å². The normalized spacial score (nSPS) is 29.1. The van der Waals surface area contributed by atoms with Gasteiger partial charge in [-0.15, -0.1) is 0 Å². The van der Waals surface area contributed by atoms with E-state index in [2.05, 4.69) is 0 Å². The fourth-order valence-corrected chi connectivity index (χ4v) is 5.26. The molecule has 0 radical (unpaired) electrons. The molecule has 19 nitrogen and oxygen atoms in total. The summed E-state index contributed by atoms with van der Waals surface area (Å²) in [5.74, 6) is -5.67. The molecule has 10 atom stereocenters. The lowest BCUT2D eigenvalue weighted by Gasteiger charge is -2.46. The molecule has 0 aromatic rings. The Balaban J connectivity index is 2.54. The number of unbranched alkanes of at least 4 members (excludes halogenated alkanes) is 2. The van der Waals surface area contributed by atoms with Crippen molar-refractivity contribution in [3.05, 3.63) is 0 Å². The van der Waals surface area contributed by atoms with Crippen LogP contribution < -0.4 is 5.73 Å². The molecule has 2 saturated heterocycles. The summed E-state index contributed by atoms with van der Waals surface area (Å²) >= 11 is 0. The first kappa shape index (κ1) is 42.3. The molecule has 0 saturated carbocycles. The van der Waals surface area contributed by atoms with Crippen LogP contribution in [-0.4, -0.2) is 130 Å². The number of rotatable bonds is 17. The summed E-state index contributed by atoms with van der Waals surface area (Å²) in [6.45, 7) is 7.12. The van der Waals surface area contributed by atoms with Crippen molar-refractivity contribution in [2.24, 2.45) is 5.73 Å². The van der Waals surface area contributed by atoms with E-state index < -0.39 is 116 Å². The molecule has 284 valence electrons. The minimum absolute atomic E-state index is 0.112. The van der Waals surface area contributed by atoms with E-state index in [9.17, 15) is 33.6 Å². The number of carbonyl (C=O) groups excluding carboxylic acids is 7. The molecule has 2 heterocycles. The van der Waals surface area contributed by atoms with Gasteiger partial charge in [-0.1, -0.05) is 0 Å². The minimum Gasteiger partial charge on any atom is -0.463 e. The molecule has 2 N–H and O–H groups in total. The average Bonchev–Trinajstić information content (AvgIpc) is 2.99. The third-order valence-corrected chi connectivity index (χ3v) is 7.00. The zero-order valence-corrected chi connectivity index (χ0v) is 29.1. The van der Waals surface area contributed by atoms with E-state index in [1.807, 2.05) is 0 Å². The molecule has 2 fully saturated rings. The zero-order valence-electron chi connectivity index (χ0n) is 29.1. The Morgan fingerprint density at radius 2 is 0.840 bits per heavy atom. The van der Waals surface area contributed by atoms with Gasteiger partial charge in [0.25, 0.3) is 0 Å². The van der Waals surface area contributed by atoms with Gasteiger partial charge in [0, 0.05) is 55.1 Å². The molecule has 0 aromatic heterocycles. The fraction of sp³-hybridized carbons (Fsp3) is 0.774. The van der Waals surface area contributed by atoms with Gasteiger partial charge in [-0.2, -0.15) is 0 Å². The van der Waals surface area contributed by atoms with Gasteiger partial charge in [-0.25, -0.2) is 0 Å². The lowest BCUT2D eigenvalue weighted by atomic mass is 9.97. The number of ether oxygens (including phenoxy) is 11. The summed E-state index contributed by atoms with van der Waals surface area (Å²) in [4.78, 5) is 84.7. The summed E-state index contributed by atoms with van der Waals surface area (Å²) in [6, 6.07) is 0. The van der Waals surface area contributed by atoms with Crippen molar-refractivity contribution in [1.29, 1.82) is 0 Å². The molecule has 2 aliphatic rings. The smallest absolute Gasteiger partial charge is 0.303 e. The summed E-state index contributed by atoms with van der Waals surface area (Å²) in [6.07, 6.45) is -12.5. The lowest BCUT2D eigenvalue weighted by Crippen LogP contribution is -2.65. The van der Waals surface area contributed by atoms with Gasteiger partial charge in [0.1, 0.15) is 18.8 Å². The van der Waals surface area contributed by atoms with E-state index in [-0.39, 0.29) is 6.61 Å². The van der Waals surface area contributed by atoms with Crippen molar-refractivity contribution in [2.45, 2.75) is 129 Å². The summed E-state index contributed by atoms with van der Waals surface area (Å²) in [5.41, 5.74) is 5.57. The third-order valence-electron chi connectivity index (χ3n) is 7.00. The summed E-state index contributed by atoms with van der Waals surface area (Å²) < 4.78 is 61.7. The Labute approximate surface area is 288 Å². The number of carbonyl (C=O) groups is 7. The average molecular weight is 722 g/mol. The van der Waals surface area contributed by atoms with Crippen molar-refractivity contribution < 1.29 is 85.7 Å². The van der Waals surface area contributed by atoms with Crippen LogP contribution in [0.3, 0.4) is 0 Å². The van der Waals surface area contributed by atoms with Crippen LogP contribution in [0.5, 0.6) is 0 Å². The van der Waals surface area contributed by atoms with Crippen LogP contribution >= 0.6 is 0 Å². The molecule has 2 rings (SSSR count). The Hall–Kier alpha value is -3.91. The summed E-state index contributed by atoms with van der Waals surface area (Å²) in [5, 5.41) is 0. The first-order valence-electron chi connectivity index (χ1n) is 15.9. The van der Waals surface area contributed by atoms with E-state index in [0.29, 0.717) is 19.4 Å². The van der Waals surface area contributed by atoms with E-state index in [1.165, 1.54) is 0 Å². The lowest BCUT2D eigenvalue weighted by molar-refractivity contribution is -0.334. The van der Waals surface area contributed by atoms with Crippen molar-refractivity contribution in [3.8, 4) is 0 Å². The number of hydrogen-bond donors (Lipinski definition) is 1. The summed E-state index contributed by atoms with van der Waals surface area (Å²) in [7, 11) is 0. The highest BCUT2D eigenvalue weighted by molar-refractivity contribution is 5.69. The van der Waals surface area contributed by atoms with E-state index in [1.54, 1.807) is 0 Å². The second-order valence-electron chi connectivity index (χ2n) is 11.4. The second kappa shape index (κ2) is 20.7. The molecule has 2 aliphatic heterocycles. The Bertz CT molecular complexity index is 1190. The molecule has 19 heteroatoms. The first-order valence-corrected chi connectivity index (χ1v) is 15.9. The molecule has 0 spiro atoms. The van der Waals surface area contributed by atoms with Crippen LogP contribution in [0.2, 0.25) is 0 Å². The Morgan fingerprint density at radius 3 is 1.24 bits per heavy atom. The highest BCUT2D eigenvalue weighted by atomic mass is 16.8. The van der Waals surface area contributed by atoms with Gasteiger partial charge in [0.15, 0.2) is 49.2 Å². The fourth-order valence-electron chi connectivity index (χ4n) is 5.26. The zero-order chi connectivity index (χ0) is 37.5. The molecule has 0 aromatic carbocycles. The maximum absolute atomic E-state index is 12.3. The van der Waals surface area contributed by atoms with Gasteiger partial charge in [-0.3, -0.25) is 33.6 Å². The van der Waals surface area contributed by atoms with Crippen LogP contribution in [0, 0.1) is 0 Å². The van der Waals surface area contributed by atoms with Gasteiger partial charge < -0.3 is 57.8 Å². The van der Waals surface area contributed by atoms with Crippen LogP contribution in [-0.2, 0) is 85.7 Å². The van der Waals surface area contributed by atoms with Crippen LogP contribution in [0.15, 0.2) is 0 Å². The van der Waals surface area contributed by atoms with Crippen molar-refractivity contribution in [3.63, 3.8) is 0 Å². The van der Waals surface area contributed by atoms with Crippen LogP contribution in [0.1, 0.15) is 67.7 Å². The van der Waals surface area contributed by atoms with E-state index >= 15 is 0 Å². The standard InChI is InChI=1S/C31H47NO18/c1-15(33)41-13-22-24(43-16(2)34)27(46-19(5)37)29(48-21(7)39)31(50-22)42-14-23-25(44-17(3)35)26(45-18(4)36)28(47-20(6)38)30(49-23)40-12-10-8-9-11-32/h22-31H,8-14,32H2,1-7H3/t22-,23-,24-,25-,26+,27+,28-,29-,30+,31-/m1/s1. The van der Waals surface area contributed by atoms with Crippen molar-refractivity contribution in [2.75, 3.05) is 26.4 Å². The van der Waals surface area contributed by atoms with Gasteiger partial charge >= 0.3 is 41.8 Å². The van der Waals surface area contributed by atoms with Crippen LogP contribution in [0.4, 0.5) is 0 Å². The third kappa shape index (κ3) is 13.8. The molecule has 0 aliphatic carbocycles. The highest BCUT2D eigenvalue weighted by Crippen LogP contribution is 2.33. The molecule has 50 heavy (non-hydrogen) atoms. The molecular formula is C31H47NO18. The number of hydrogen-bond acceptors (Lipinski definition) is 19. The van der Waals surface area contributed by atoms with Crippen LogP contribution in [0.25, 0.3) is 0 Å². The quantitative estimate of drug-likeness (QED) is 0.116. The van der Waals surface area contributed by atoms with Crippen molar-refractivity contribution >= 4 is 41.8 Å². The monoisotopic (exact) mass is 721 g/mol. The second-order valence-corrected chi connectivity index (χ2v) is 11.4. The highest BCUT2D eigenvalue weighted by Gasteiger charge is 2.55. The maximum Gasteiger partial charge on any atom is 0.303 e. The predicted octanol–water partition coefficient (Wildman–Crippen LogP) is -0.248. The molecular weight excluding hydrogens is 674 g/mol. The molecule has 0 amide bonds. The number of nitrogens with two attached hydrogens (primary N) is 1. The van der Waals surface area contributed by atoms with Gasteiger partial charge in [0.05, 0.1) is 6.61 Å².